The minimum atomic E-state index is -0.490. The van der Waals surface area contributed by atoms with Crippen molar-refractivity contribution in [3.05, 3.63) is 35.5 Å². The lowest BCUT2D eigenvalue weighted by Crippen LogP contribution is -2.66. The maximum absolute atomic E-state index is 14.3. The van der Waals surface area contributed by atoms with Gasteiger partial charge in [-0.2, -0.15) is 0 Å². The van der Waals surface area contributed by atoms with Crippen LogP contribution in [0.3, 0.4) is 0 Å². The summed E-state index contributed by atoms with van der Waals surface area (Å²) in [6.45, 7) is 37.0. The Labute approximate surface area is 447 Å². The predicted molar refractivity (Wildman–Crippen MR) is 290 cm³/mol. The molecule has 9 nitrogen and oxygen atoms in total. The largest absolute Gasteiger partial charge is 0.469 e. The van der Waals surface area contributed by atoms with Gasteiger partial charge in [0.1, 0.15) is 5.78 Å². The van der Waals surface area contributed by atoms with Gasteiger partial charge in [0.2, 0.25) is 0 Å². The molecule has 0 amide bonds. The third kappa shape index (κ3) is 7.77. The van der Waals surface area contributed by atoms with E-state index in [1.54, 1.807) is 0 Å². The molecule has 0 bridgehead atoms. The smallest absolute Gasteiger partial charge is 0.311 e. The van der Waals surface area contributed by atoms with Crippen LogP contribution < -0.4 is 5.90 Å². The van der Waals surface area contributed by atoms with Crippen molar-refractivity contribution in [2.75, 3.05) is 14.2 Å². The molecule has 0 aliphatic heterocycles. The van der Waals surface area contributed by atoms with Crippen LogP contribution in [0.1, 0.15) is 213 Å². The average molecular weight is 1030 g/mol. The lowest BCUT2D eigenvalue weighted by atomic mass is 9.33. The first-order valence-electron chi connectivity index (χ1n) is 28.3. The highest BCUT2D eigenvalue weighted by atomic mass is 35.5. The molecule has 16 atom stereocenters. The molecule has 0 saturated heterocycles. The van der Waals surface area contributed by atoms with E-state index in [0.717, 1.165) is 96.3 Å². The number of halogens is 1. The fraction of sp³-hybridized carbons (Fsp3) is 0.825. The van der Waals surface area contributed by atoms with Gasteiger partial charge < -0.3 is 14.7 Å². The number of rotatable bonds is 2. The second-order valence-electron chi connectivity index (χ2n) is 30.0. The molecule has 0 aromatic carbocycles. The number of allylic oxidation sites excluding steroid dienone is 5. The number of carbonyl (C=O) groups excluding carboxylic acids is 5. The number of hydrogen-bond acceptors (Lipinski definition) is 9. The highest BCUT2D eigenvalue weighted by Gasteiger charge is 2.72. The van der Waals surface area contributed by atoms with E-state index in [0.29, 0.717) is 23.9 Å². The van der Waals surface area contributed by atoms with Crippen LogP contribution in [0.5, 0.6) is 0 Å². The first kappa shape index (κ1) is 58.1. The molecule has 3 N–H and O–H groups in total. The maximum atomic E-state index is 14.3. The van der Waals surface area contributed by atoms with Gasteiger partial charge in [0.05, 0.1) is 25.0 Å². The number of ether oxygens (including phenoxy) is 2. The second-order valence-corrected chi connectivity index (χ2v) is 30.0. The van der Waals surface area contributed by atoms with Crippen LogP contribution in [0.4, 0.5) is 0 Å². The van der Waals surface area contributed by atoms with Crippen molar-refractivity contribution >= 4 is 41.7 Å². The molecule has 0 heterocycles. The molecule has 10 heteroatoms. The summed E-state index contributed by atoms with van der Waals surface area (Å²) < 4.78 is 10.5. The zero-order valence-electron chi connectivity index (χ0n) is 48.3. The molecule has 8 saturated carbocycles. The number of hydrogen-bond donors (Lipinski definition) is 2. The van der Waals surface area contributed by atoms with Crippen molar-refractivity contribution in [2.24, 2.45) is 106 Å². The number of nitrogens with two attached hydrogens (primary N) is 1. The van der Waals surface area contributed by atoms with E-state index in [-0.39, 0.29) is 114 Å². The van der Waals surface area contributed by atoms with Crippen molar-refractivity contribution in [3.8, 4) is 0 Å². The Hall–Kier alpha value is -2.62. The van der Waals surface area contributed by atoms with Gasteiger partial charge >= 0.3 is 11.9 Å². The Morgan fingerprint density at radius 3 is 1.27 bits per heavy atom. The topological polar surface area (TPSA) is 150 Å². The summed E-state index contributed by atoms with van der Waals surface area (Å²) in [5.41, 5.74) is 2.71. The number of methoxy groups -OCH3 is 2. The van der Waals surface area contributed by atoms with Gasteiger partial charge in [-0.1, -0.05) is 106 Å². The third-order valence-electron chi connectivity index (χ3n) is 26.3. The van der Waals surface area contributed by atoms with Crippen LogP contribution in [0, 0.1) is 100 Å². The van der Waals surface area contributed by atoms with Crippen LogP contribution in [0.25, 0.3) is 0 Å². The predicted octanol–water partition coefficient (Wildman–Crippen LogP) is 14.2. The molecule has 0 radical (unpaired) electrons. The van der Waals surface area contributed by atoms with Crippen molar-refractivity contribution in [1.29, 1.82) is 0 Å². The Morgan fingerprint density at radius 2 is 0.890 bits per heavy atom. The van der Waals surface area contributed by atoms with E-state index in [1.807, 2.05) is 0 Å². The fourth-order valence-electron chi connectivity index (χ4n) is 20.9. The second kappa shape index (κ2) is 18.2. The Bertz CT molecular complexity index is 2220. The molecule has 10 aliphatic rings. The zero-order valence-corrected chi connectivity index (χ0v) is 49.2. The van der Waals surface area contributed by atoms with Crippen molar-refractivity contribution < 1.29 is 38.7 Å². The van der Waals surface area contributed by atoms with E-state index < -0.39 is 10.8 Å². The Balaban J connectivity index is 0.000000204. The van der Waals surface area contributed by atoms with Crippen LogP contribution in [0.2, 0.25) is 0 Å². The van der Waals surface area contributed by atoms with Gasteiger partial charge in [-0.15, -0.1) is 12.4 Å². The summed E-state index contributed by atoms with van der Waals surface area (Å²) >= 11 is 0. The molecule has 410 valence electrons. The normalized spacial score (nSPS) is 48.7. The summed E-state index contributed by atoms with van der Waals surface area (Å²) in [6, 6.07) is 0. The van der Waals surface area contributed by atoms with Crippen molar-refractivity contribution in [2.45, 2.75) is 213 Å². The standard InChI is InChI=1S/C32H48O3.C31H46O4.ClH.H3NO/c1-20-10-12-30(6)24(27(20,2)3)11-13-32(8)25(30)23(33)18-21-22-19-29(5,26(34)35-9)15-14-28(22,4)16-17-31(21,32)7;1-26(2)22-9-12-31(7)24(29(22,5)11-10-23(26)33)21(32)17-19-20-18-28(4,25(34)35-8)14-13-27(20,3)15-16-30(19,31)6;;1-2/h18,22,24-25H,1,10-17,19H2,2-9H3;17,20,22,24H,9-16,18H2,1-8H3;1H;2H,1H2/t22?,24-,25+,28+,29-,30-,31+,32+;20?,22-,24+,27+,28-,29-,30+,31+;;/m00../s1. The lowest BCUT2D eigenvalue weighted by Gasteiger charge is -2.70. The van der Waals surface area contributed by atoms with Gasteiger partial charge in [-0.3, -0.25) is 24.0 Å². The summed E-state index contributed by atoms with van der Waals surface area (Å²) in [5.74, 6) is 5.60. The average Bonchev–Trinajstić information content (AvgIpc) is 3.32. The minimum Gasteiger partial charge on any atom is -0.469 e. The van der Waals surface area contributed by atoms with E-state index in [9.17, 15) is 24.0 Å². The van der Waals surface area contributed by atoms with Crippen LogP contribution in [-0.4, -0.2) is 48.7 Å². The molecular formula is C63H98ClNO8. The molecule has 0 aromatic heterocycles. The molecule has 2 unspecified atom stereocenters. The van der Waals surface area contributed by atoms with Crippen LogP contribution in [-0.2, 0) is 33.4 Å². The Morgan fingerprint density at radius 1 is 0.534 bits per heavy atom. The van der Waals surface area contributed by atoms with Gasteiger partial charge in [0.25, 0.3) is 0 Å². The Kier molecular flexibility index (Phi) is 14.5. The summed E-state index contributed by atoms with van der Waals surface area (Å²) in [7, 11) is 3.01. The fourth-order valence-corrected chi connectivity index (χ4v) is 20.9. The SMILES string of the molecule is C=C1CC[C@]2(C)[C@H]3C(=O)C=C4C5C[C@@](C)(C(=O)OC)CC[C@]5(C)CC[C@@]4(C)[C@]3(C)CC[C@H]2C1(C)C.COC(=O)[C@@]1(C)CC[C@]2(C)CC[C@]3(C)C(=CC(=O)[C@@H]4[C@@]5(C)CCC(=O)C(C)(C)[C@@H]5CC[C@]43C)C2C1.Cl.NO. The third-order valence-corrected chi connectivity index (χ3v) is 26.3. The zero-order chi connectivity index (χ0) is 53.6. The van der Waals surface area contributed by atoms with Gasteiger partial charge in [0.15, 0.2) is 11.6 Å². The molecule has 0 aromatic rings. The molecule has 0 spiro atoms. The van der Waals surface area contributed by atoms with E-state index in [1.165, 1.54) is 43.8 Å². The van der Waals surface area contributed by atoms with Crippen molar-refractivity contribution in [3.63, 3.8) is 0 Å². The summed E-state index contributed by atoms with van der Waals surface area (Å²) in [6.07, 6.45) is 21.9. The number of Topliss-reactive ketones (excluding diaryl/α,β-unsaturated/α-hetero) is 1. The first-order chi connectivity index (χ1) is 33.2. The van der Waals surface area contributed by atoms with E-state index in [2.05, 4.69) is 122 Å². The summed E-state index contributed by atoms with van der Waals surface area (Å²) in [4.78, 5) is 67.2. The highest BCUT2D eigenvalue weighted by Crippen LogP contribution is 2.77. The number of fused-ring (bicyclic) bond motifs is 14. The number of ketones is 3. The molecule has 10 aliphatic carbocycles. The molecule has 10 rings (SSSR count). The van der Waals surface area contributed by atoms with Crippen molar-refractivity contribution in [1.82, 2.24) is 0 Å². The minimum absolute atomic E-state index is 0. The summed E-state index contributed by atoms with van der Waals surface area (Å²) in [5, 5.41) is 6.50. The van der Waals surface area contributed by atoms with Gasteiger partial charge in [0, 0.05) is 23.7 Å². The van der Waals surface area contributed by atoms with Gasteiger partial charge in [-0.25, -0.2) is 5.90 Å². The number of carbonyl (C=O) groups is 5. The van der Waals surface area contributed by atoms with Crippen LogP contribution in [0.15, 0.2) is 35.5 Å². The quantitative estimate of drug-likeness (QED) is 0.157. The van der Waals surface area contributed by atoms with Gasteiger partial charge in [-0.05, 0) is 208 Å². The number of esters is 2. The molecular weight excluding hydrogens is 934 g/mol. The van der Waals surface area contributed by atoms with E-state index in [4.69, 9.17) is 14.7 Å². The van der Waals surface area contributed by atoms with Crippen LogP contribution >= 0.6 is 12.4 Å². The molecule has 8 fully saturated rings. The monoisotopic (exact) mass is 1030 g/mol. The highest BCUT2D eigenvalue weighted by molar-refractivity contribution is 5.97. The van der Waals surface area contributed by atoms with E-state index >= 15 is 0 Å². The first-order valence-corrected chi connectivity index (χ1v) is 28.3. The maximum Gasteiger partial charge on any atom is 0.311 e. The lowest BCUT2D eigenvalue weighted by molar-refractivity contribution is -0.188. The molecule has 73 heavy (non-hydrogen) atoms.